The summed E-state index contributed by atoms with van der Waals surface area (Å²) < 4.78 is 1.90. The molecule has 0 spiro atoms. The Morgan fingerprint density at radius 1 is 1.38 bits per heavy atom. The minimum Gasteiger partial charge on any atom is -0.398 e. The molecule has 0 aliphatic carbocycles. The van der Waals surface area contributed by atoms with E-state index in [9.17, 15) is 0 Å². The molecular formula is C10H11ClN4S. The summed E-state index contributed by atoms with van der Waals surface area (Å²) in [5.74, 6) is 0.855. The number of aromatic nitrogens is 3. The minimum absolute atomic E-state index is 0.630. The maximum atomic E-state index is 6.08. The number of rotatable bonds is 2. The zero-order valence-electron chi connectivity index (χ0n) is 8.94. The van der Waals surface area contributed by atoms with Gasteiger partial charge in [0.1, 0.15) is 5.82 Å². The molecule has 0 aliphatic heterocycles. The van der Waals surface area contributed by atoms with Crippen LogP contribution in [0.1, 0.15) is 5.82 Å². The van der Waals surface area contributed by atoms with Gasteiger partial charge in [0, 0.05) is 12.7 Å². The molecule has 2 N–H and O–H groups in total. The van der Waals surface area contributed by atoms with Gasteiger partial charge in [-0.25, -0.2) is 0 Å². The summed E-state index contributed by atoms with van der Waals surface area (Å²) in [5, 5.41) is 9.44. The molecule has 1 aromatic heterocycles. The van der Waals surface area contributed by atoms with E-state index < -0.39 is 0 Å². The fraction of sp³-hybridized carbons (Fsp3) is 0.200. The zero-order chi connectivity index (χ0) is 11.7. The van der Waals surface area contributed by atoms with E-state index in [1.807, 2.05) is 36.7 Å². The molecule has 1 heterocycles. The van der Waals surface area contributed by atoms with Crippen molar-refractivity contribution < 1.29 is 0 Å². The molecule has 16 heavy (non-hydrogen) atoms. The molecule has 0 atom stereocenters. The first kappa shape index (κ1) is 11.3. The summed E-state index contributed by atoms with van der Waals surface area (Å²) in [6, 6.07) is 5.45. The van der Waals surface area contributed by atoms with Crippen molar-refractivity contribution in [3.63, 3.8) is 0 Å². The molecule has 0 fully saturated rings. The number of nitrogens with two attached hydrogens (primary N) is 1. The second-order valence-electron chi connectivity index (χ2n) is 3.35. The Morgan fingerprint density at radius 2 is 2.12 bits per heavy atom. The van der Waals surface area contributed by atoms with Crippen LogP contribution in [-0.2, 0) is 7.05 Å². The van der Waals surface area contributed by atoms with Gasteiger partial charge in [0.25, 0.3) is 0 Å². The first-order valence-corrected chi connectivity index (χ1v) is 5.87. The molecule has 4 nitrogen and oxygen atoms in total. The molecule has 0 bridgehead atoms. The van der Waals surface area contributed by atoms with Gasteiger partial charge in [0.15, 0.2) is 5.16 Å². The van der Waals surface area contributed by atoms with Crippen LogP contribution in [0.5, 0.6) is 0 Å². The Bertz CT molecular complexity index is 503. The van der Waals surface area contributed by atoms with Crippen molar-refractivity contribution in [3.8, 4) is 0 Å². The van der Waals surface area contributed by atoms with Crippen LogP contribution >= 0.6 is 23.4 Å². The van der Waals surface area contributed by atoms with Gasteiger partial charge in [-0.05, 0) is 30.8 Å². The molecule has 0 amide bonds. The zero-order valence-corrected chi connectivity index (χ0v) is 10.5. The molecule has 2 rings (SSSR count). The van der Waals surface area contributed by atoms with Crippen LogP contribution in [0.15, 0.2) is 28.3 Å². The van der Waals surface area contributed by atoms with Gasteiger partial charge in [-0.15, -0.1) is 10.2 Å². The van der Waals surface area contributed by atoms with E-state index in [1.54, 1.807) is 0 Å². The van der Waals surface area contributed by atoms with E-state index in [0.29, 0.717) is 10.7 Å². The summed E-state index contributed by atoms with van der Waals surface area (Å²) in [5.41, 5.74) is 6.51. The third-order valence-electron chi connectivity index (χ3n) is 2.24. The highest BCUT2D eigenvalue weighted by Gasteiger charge is 2.11. The van der Waals surface area contributed by atoms with Gasteiger partial charge in [-0.2, -0.15) is 0 Å². The summed E-state index contributed by atoms with van der Waals surface area (Å²) in [6.45, 7) is 1.90. The normalized spacial score (nSPS) is 10.7. The molecule has 0 aliphatic rings. The smallest absolute Gasteiger partial charge is 0.195 e. The lowest BCUT2D eigenvalue weighted by molar-refractivity contribution is 0.766. The fourth-order valence-electron chi connectivity index (χ4n) is 1.20. The highest BCUT2D eigenvalue weighted by atomic mass is 35.5. The van der Waals surface area contributed by atoms with Crippen molar-refractivity contribution in [2.45, 2.75) is 17.0 Å². The predicted octanol–water partition coefficient (Wildman–Crippen LogP) is 2.51. The van der Waals surface area contributed by atoms with Crippen molar-refractivity contribution >= 4 is 29.1 Å². The lowest BCUT2D eigenvalue weighted by Crippen LogP contribution is -1.95. The Morgan fingerprint density at radius 3 is 2.69 bits per heavy atom. The average Bonchev–Trinajstić information content (AvgIpc) is 2.55. The van der Waals surface area contributed by atoms with Crippen molar-refractivity contribution in [2.24, 2.45) is 7.05 Å². The van der Waals surface area contributed by atoms with Gasteiger partial charge >= 0.3 is 0 Å². The maximum absolute atomic E-state index is 6.08. The van der Waals surface area contributed by atoms with Crippen molar-refractivity contribution in [1.29, 1.82) is 0 Å². The van der Waals surface area contributed by atoms with Crippen LogP contribution in [-0.4, -0.2) is 14.8 Å². The van der Waals surface area contributed by atoms with E-state index in [4.69, 9.17) is 17.3 Å². The molecule has 0 radical (unpaired) electrons. The van der Waals surface area contributed by atoms with E-state index in [2.05, 4.69) is 10.2 Å². The third kappa shape index (κ3) is 2.01. The monoisotopic (exact) mass is 254 g/mol. The SMILES string of the molecule is Cc1nnc(Sc2c(N)cccc2Cl)n1C. The molecular weight excluding hydrogens is 244 g/mol. The fourth-order valence-corrected chi connectivity index (χ4v) is 2.38. The number of hydrogen-bond acceptors (Lipinski definition) is 4. The number of hydrogen-bond donors (Lipinski definition) is 1. The van der Waals surface area contributed by atoms with Crippen LogP contribution in [0, 0.1) is 6.92 Å². The Hall–Kier alpha value is -1.20. The van der Waals surface area contributed by atoms with Crippen LogP contribution in [0.2, 0.25) is 5.02 Å². The van der Waals surface area contributed by atoms with Crippen molar-refractivity contribution in [1.82, 2.24) is 14.8 Å². The molecule has 84 valence electrons. The van der Waals surface area contributed by atoms with Crippen LogP contribution in [0.4, 0.5) is 5.69 Å². The summed E-state index contributed by atoms with van der Waals surface area (Å²) in [6.07, 6.45) is 0. The van der Waals surface area contributed by atoms with Gasteiger partial charge in [0.2, 0.25) is 0 Å². The molecule has 2 aromatic rings. The number of benzene rings is 1. The third-order valence-corrected chi connectivity index (χ3v) is 3.87. The highest BCUT2D eigenvalue weighted by molar-refractivity contribution is 7.99. The van der Waals surface area contributed by atoms with Crippen molar-refractivity contribution in [2.75, 3.05) is 5.73 Å². The minimum atomic E-state index is 0.630. The largest absolute Gasteiger partial charge is 0.398 e. The van der Waals surface area contributed by atoms with Crippen LogP contribution in [0.25, 0.3) is 0 Å². The predicted molar refractivity (Wildman–Crippen MR) is 65.7 cm³/mol. The summed E-state index contributed by atoms with van der Waals surface area (Å²) >= 11 is 7.50. The topological polar surface area (TPSA) is 56.7 Å². The lowest BCUT2D eigenvalue weighted by atomic mass is 10.3. The van der Waals surface area contributed by atoms with Gasteiger partial charge < -0.3 is 10.3 Å². The second kappa shape index (κ2) is 4.35. The Balaban J connectivity index is 2.38. The summed E-state index contributed by atoms with van der Waals surface area (Å²) in [4.78, 5) is 0.819. The Labute approximate surface area is 103 Å². The quantitative estimate of drug-likeness (QED) is 0.837. The molecule has 1 aromatic carbocycles. The number of anilines is 1. The lowest BCUT2D eigenvalue weighted by Gasteiger charge is -2.06. The van der Waals surface area contributed by atoms with E-state index >= 15 is 0 Å². The number of nitrogens with zero attached hydrogens (tertiary/aromatic N) is 3. The number of aryl methyl sites for hydroxylation is 1. The van der Waals surface area contributed by atoms with Crippen molar-refractivity contribution in [3.05, 3.63) is 29.0 Å². The standard InChI is InChI=1S/C10H11ClN4S/c1-6-13-14-10(15(6)2)16-9-7(11)4-3-5-8(9)12/h3-5H,12H2,1-2H3. The number of nitrogen functional groups attached to an aromatic ring is 1. The van der Waals surface area contributed by atoms with E-state index in [1.165, 1.54) is 11.8 Å². The Kier molecular flexibility index (Phi) is 3.07. The first-order valence-electron chi connectivity index (χ1n) is 4.67. The molecule has 0 unspecified atom stereocenters. The van der Waals surface area contributed by atoms with Gasteiger partial charge in [-0.1, -0.05) is 17.7 Å². The molecule has 0 saturated heterocycles. The number of halogens is 1. The van der Waals surface area contributed by atoms with E-state index in [-0.39, 0.29) is 0 Å². The van der Waals surface area contributed by atoms with Crippen LogP contribution in [0.3, 0.4) is 0 Å². The van der Waals surface area contributed by atoms with E-state index in [0.717, 1.165) is 15.9 Å². The van der Waals surface area contributed by atoms with Crippen LogP contribution < -0.4 is 5.73 Å². The van der Waals surface area contributed by atoms with Gasteiger partial charge in [-0.3, -0.25) is 0 Å². The molecule has 0 saturated carbocycles. The van der Waals surface area contributed by atoms with Gasteiger partial charge in [0.05, 0.1) is 9.92 Å². The molecule has 6 heteroatoms. The summed E-state index contributed by atoms with van der Waals surface area (Å²) in [7, 11) is 1.91. The maximum Gasteiger partial charge on any atom is 0.195 e. The average molecular weight is 255 g/mol. The first-order chi connectivity index (χ1) is 7.59. The highest BCUT2D eigenvalue weighted by Crippen LogP contribution is 2.36. The second-order valence-corrected chi connectivity index (χ2v) is 4.73.